The molecule has 1 N–H and O–H groups in total. The fourth-order valence-corrected chi connectivity index (χ4v) is 7.31. The third kappa shape index (κ3) is 4.66. The quantitative estimate of drug-likeness (QED) is 0.227. The van der Waals surface area contributed by atoms with Gasteiger partial charge in [-0.1, -0.05) is 46.6 Å². The van der Waals surface area contributed by atoms with Crippen LogP contribution in [-0.4, -0.2) is 36.4 Å². The largest absolute Gasteiger partial charge is 0.465 e. The van der Waals surface area contributed by atoms with Crippen LogP contribution in [0.4, 0.5) is 5.69 Å². The van der Waals surface area contributed by atoms with Crippen LogP contribution in [0.5, 0.6) is 0 Å². The van der Waals surface area contributed by atoms with Crippen LogP contribution in [-0.2, 0) is 11.3 Å². The van der Waals surface area contributed by atoms with Gasteiger partial charge in [0.05, 0.1) is 22.7 Å². The normalized spacial score (nSPS) is 22.2. The summed E-state index contributed by atoms with van der Waals surface area (Å²) in [7, 11) is 1.41. The molecule has 1 aromatic heterocycles. The Morgan fingerprint density at radius 3 is 2.40 bits per heavy atom. The lowest BCUT2D eigenvalue weighted by molar-refractivity contribution is 0.0601. The molecule has 8 heteroatoms. The first kappa shape index (κ1) is 25.9. The minimum absolute atomic E-state index is 0.309. The number of rotatable bonds is 7. The highest BCUT2D eigenvalue weighted by atomic mass is 35.5. The number of aromatic nitrogens is 1. The molecule has 6 nitrogen and oxygen atoms in total. The molecule has 40 heavy (non-hydrogen) atoms. The van der Waals surface area contributed by atoms with E-state index in [9.17, 15) is 4.79 Å². The smallest absolute Gasteiger partial charge is 0.337 e. The van der Waals surface area contributed by atoms with Gasteiger partial charge >= 0.3 is 5.97 Å². The van der Waals surface area contributed by atoms with Crippen molar-refractivity contribution in [1.82, 2.24) is 10.5 Å². The summed E-state index contributed by atoms with van der Waals surface area (Å²) in [4.78, 5) is 14.6. The Hall–Kier alpha value is -3.06. The Kier molecular flexibility index (Phi) is 6.73. The summed E-state index contributed by atoms with van der Waals surface area (Å²) in [6.07, 6.45) is 6.84. The van der Waals surface area contributed by atoms with E-state index in [1.54, 1.807) is 0 Å². The predicted molar refractivity (Wildman–Crippen MR) is 158 cm³/mol. The van der Waals surface area contributed by atoms with Crippen LogP contribution < -0.4 is 10.2 Å². The minimum atomic E-state index is -0.309. The van der Waals surface area contributed by atoms with E-state index in [2.05, 4.69) is 33.6 Å². The fourth-order valence-electron chi connectivity index (χ4n) is 6.73. The van der Waals surface area contributed by atoms with Crippen molar-refractivity contribution in [1.29, 1.82) is 0 Å². The number of methoxy groups -OCH3 is 1. The Balaban J connectivity index is 1.09. The highest BCUT2D eigenvalue weighted by Gasteiger charge is 2.41. The molecule has 7 rings (SSSR count). The zero-order valence-corrected chi connectivity index (χ0v) is 23.8. The summed E-state index contributed by atoms with van der Waals surface area (Å²) >= 11 is 13.1. The van der Waals surface area contributed by atoms with Crippen LogP contribution in [0.2, 0.25) is 10.0 Å². The van der Waals surface area contributed by atoms with E-state index in [-0.39, 0.29) is 5.97 Å². The predicted octanol–water partition coefficient (Wildman–Crippen LogP) is 7.76. The van der Waals surface area contributed by atoms with Crippen LogP contribution in [0, 0.1) is 0 Å². The Morgan fingerprint density at radius 2 is 1.70 bits per heavy atom. The molecule has 2 atom stereocenters. The SMILES string of the molecule is COC(=O)c1ccc2cc(N3C4CCC3CC(NCc3c(-c5c(Cl)cccc5Cl)noc3C3CC3)C4)ccc2c1. The number of anilines is 1. The zero-order valence-electron chi connectivity index (χ0n) is 22.3. The van der Waals surface area contributed by atoms with Gasteiger partial charge < -0.3 is 19.5 Å². The van der Waals surface area contributed by atoms with E-state index < -0.39 is 0 Å². The van der Waals surface area contributed by atoms with Gasteiger partial charge in [-0.05, 0) is 85.7 Å². The van der Waals surface area contributed by atoms with E-state index in [4.69, 9.17) is 32.5 Å². The first-order valence-corrected chi connectivity index (χ1v) is 14.8. The molecule has 2 saturated heterocycles. The van der Waals surface area contributed by atoms with Gasteiger partial charge in [0.25, 0.3) is 0 Å². The van der Waals surface area contributed by atoms with Crippen molar-refractivity contribution in [3.8, 4) is 11.3 Å². The van der Waals surface area contributed by atoms with Crippen LogP contribution >= 0.6 is 23.2 Å². The number of nitrogens with zero attached hydrogens (tertiary/aromatic N) is 2. The molecule has 206 valence electrons. The standard InChI is InChI=1S/C32H31Cl2N3O3/c1-39-32(38)21-8-7-20-14-23(10-9-19(20)13-21)37-24-11-12-25(37)16-22(15-24)35-17-26-30(36-40-31(26)18-5-6-18)29-27(33)3-2-4-28(29)34/h2-4,7-10,13-14,18,22,24-25,35H,5-6,11-12,15-17H2,1H3. The van der Waals surface area contributed by atoms with Gasteiger partial charge in [0.1, 0.15) is 11.5 Å². The molecule has 0 radical (unpaired) electrons. The molecule has 3 fully saturated rings. The first-order chi connectivity index (χ1) is 19.5. The molecule has 3 aliphatic rings. The lowest BCUT2D eigenvalue weighted by Gasteiger charge is -2.41. The number of nitrogens with one attached hydrogen (secondary N) is 1. The van der Waals surface area contributed by atoms with Crippen molar-refractivity contribution in [2.45, 2.75) is 69.1 Å². The van der Waals surface area contributed by atoms with Crippen molar-refractivity contribution < 1.29 is 14.1 Å². The molecule has 3 heterocycles. The number of hydrogen-bond acceptors (Lipinski definition) is 6. The average Bonchev–Trinajstić information content (AvgIpc) is 3.67. The van der Waals surface area contributed by atoms with E-state index in [0.717, 1.165) is 59.0 Å². The number of carbonyl (C=O) groups excluding carboxylic acids is 1. The molecular weight excluding hydrogens is 545 g/mol. The van der Waals surface area contributed by atoms with Crippen LogP contribution in [0.3, 0.4) is 0 Å². The van der Waals surface area contributed by atoms with Crippen molar-refractivity contribution in [2.75, 3.05) is 12.0 Å². The number of halogens is 2. The van der Waals surface area contributed by atoms with Crippen molar-refractivity contribution >= 4 is 45.6 Å². The highest BCUT2D eigenvalue weighted by molar-refractivity contribution is 6.39. The third-order valence-corrected chi connectivity index (χ3v) is 9.44. The van der Waals surface area contributed by atoms with Crippen LogP contribution in [0.15, 0.2) is 59.1 Å². The van der Waals surface area contributed by atoms with Gasteiger partial charge in [-0.2, -0.15) is 0 Å². The second kappa shape index (κ2) is 10.4. The molecule has 0 spiro atoms. The number of esters is 1. The third-order valence-electron chi connectivity index (χ3n) is 8.81. The monoisotopic (exact) mass is 575 g/mol. The topological polar surface area (TPSA) is 67.6 Å². The minimum Gasteiger partial charge on any atom is -0.465 e. The molecular formula is C32H31Cl2N3O3. The van der Waals surface area contributed by atoms with Gasteiger partial charge in [-0.3, -0.25) is 0 Å². The number of carbonyl (C=O) groups is 1. The van der Waals surface area contributed by atoms with Gasteiger partial charge in [0.2, 0.25) is 0 Å². The molecule has 2 aliphatic heterocycles. The van der Waals surface area contributed by atoms with Crippen LogP contribution in [0.1, 0.15) is 66.1 Å². The van der Waals surface area contributed by atoms with Crippen molar-refractivity contribution in [2.24, 2.45) is 0 Å². The second-order valence-electron chi connectivity index (χ2n) is 11.3. The van der Waals surface area contributed by atoms with Gasteiger partial charge in [0.15, 0.2) is 0 Å². The summed E-state index contributed by atoms with van der Waals surface area (Å²) in [5.41, 5.74) is 4.44. The lowest BCUT2D eigenvalue weighted by Crippen LogP contribution is -2.49. The molecule has 2 unspecified atom stereocenters. The molecule has 4 aromatic rings. The number of ether oxygens (including phenoxy) is 1. The summed E-state index contributed by atoms with van der Waals surface area (Å²) in [5, 5.41) is 11.7. The van der Waals surface area contributed by atoms with Crippen molar-refractivity contribution in [3.63, 3.8) is 0 Å². The number of fused-ring (bicyclic) bond motifs is 3. The zero-order chi connectivity index (χ0) is 27.4. The van der Waals surface area contributed by atoms with Crippen LogP contribution in [0.25, 0.3) is 22.0 Å². The van der Waals surface area contributed by atoms with E-state index in [1.807, 2.05) is 36.4 Å². The maximum absolute atomic E-state index is 11.9. The maximum Gasteiger partial charge on any atom is 0.337 e. The summed E-state index contributed by atoms with van der Waals surface area (Å²) in [5.74, 6) is 1.11. The van der Waals surface area contributed by atoms with Gasteiger partial charge in [-0.25, -0.2) is 4.79 Å². The Bertz CT molecular complexity index is 1560. The maximum atomic E-state index is 11.9. The second-order valence-corrected chi connectivity index (χ2v) is 12.1. The Labute approximate surface area is 243 Å². The average molecular weight is 577 g/mol. The highest BCUT2D eigenvalue weighted by Crippen LogP contribution is 2.46. The number of hydrogen-bond donors (Lipinski definition) is 1. The van der Waals surface area contributed by atoms with Gasteiger partial charge in [-0.15, -0.1) is 0 Å². The van der Waals surface area contributed by atoms with Crippen molar-refractivity contribution in [3.05, 3.63) is 81.5 Å². The first-order valence-electron chi connectivity index (χ1n) is 14.1. The fraction of sp³-hybridized carbons (Fsp3) is 0.375. The Morgan fingerprint density at radius 1 is 1.00 bits per heavy atom. The molecule has 3 aromatic carbocycles. The number of piperidine rings is 1. The van der Waals surface area contributed by atoms with Gasteiger partial charge in [0, 0.05) is 47.4 Å². The van der Waals surface area contributed by atoms with E-state index >= 15 is 0 Å². The molecule has 1 saturated carbocycles. The molecule has 0 amide bonds. The summed E-state index contributed by atoms with van der Waals surface area (Å²) < 4.78 is 10.8. The lowest BCUT2D eigenvalue weighted by atomic mass is 9.95. The number of benzene rings is 3. The van der Waals surface area contributed by atoms with E-state index in [0.29, 0.717) is 46.2 Å². The summed E-state index contributed by atoms with van der Waals surface area (Å²) in [6, 6.07) is 19.3. The summed E-state index contributed by atoms with van der Waals surface area (Å²) in [6.45, 7) is 0.689. The molecule has 1 aliphatic carbocycles. The molecule has 2 bridgehead atoms. The van der Waals surface area contributed by atoms with E-state index in [1.165, 1.54) is 25.6 Å².